The second-order valence-electron chi connectivity index (χ2n) is 5.86. The molecule has 1 radical (unpaired) electrons. The number of unbranched alkanes of at least 4 members (excludes halogenated alkanes) is 14. The molecule has 0 aromatic heterocycles. The predicted octanol–water partition coefficient (Wildman–Crippen LogP) is 6.00. The summed E-state index contributed by atoms with van der Waals surface area (Å²) in [6.45, 7) is 2.29. The van der Waals surface area contributed by atoms with Crippen molar-refractivity contribution in [2.45, 2.75) is 103 Å². The maximum atomic E-state index is 2.30. The Hall–Kier alpha value is -0.0431. The Kier molecular flexibility index (Phi) is 17.9. The molecule has 0 saturated heterocycles. The van der Waals surface area contributed by atoms with Crippen LogP contribution in [0.5, 0.6) is 0 Å². The van der Waals surface area contributed by atoms with Gasteiger partial charge in [-0.25, -0.2) is 0 Å². The predicted molar refractivity (Wildman–Crippen MR) is 92.6 cm³/mol. The van der Waals surface area contributed by atoms with Crippen LogP contribution >= 0.6 is 0 Å². The molecule has 0 fully saturated rings. The third-order valence-corrected chi connectivity index (χ3v) is 4.22. The van der Waals surface area contributed by atoms with Crippen molar-refractivity contribution in [3.63, 3.8) is 0 Å². The first-order valence-electron chi connectivity index (χ1n) is 8.86. The highest BCUT2D eigenvalue weighted by molar-refractivity contribution is 6.16. The van der Waals surface area contributed by atoms with Gasteiger partial charge in [0.2, 0.25) is 0 Å². The van der Waals surface area contributed by atoms with Crippen molar-refractivity contribution in [3.05, 3.63) is 11.8 Å². The Morgan fingerprint density at radius 2 is 0.947 bits per heavy atom. The SMILES string of the molecule is CCCCCCCCCCCCCCCCC=C[SiH2]. The van der Waals surface area contributed by atoms with Crippen LogP contribution in [0, 0.1) is 0 Å². The van der Waals surface area contributed by atoms with Crippen molar-refractivity contribution in [1.29, 1.82) is 0 Å². The molecular weight excluding hydrogens is 244 g/mol. The van der Waals surface area contributed by atoms with E-state index in [0.717, 1.165) is 0 Å². The summed E-state index contributed by atoms with van der Waals surface area (Å²) >= 11 is 0. The monoisotopic (exact) mass is 281 g/mol. The fourth-order valence-corrected chi connectivity index (χ4v) is 2.81. The van der Waals surface area contributed by atoms with Crippen molar-refractivity contribution >= 4 is 10.2 Å². The Morgan fingerprint density at radius 3 is 1.32 bits per heavy atom. The van der Waals surface area contributed by atoms with Gasteiger partial charge in [-0.3, -0.25) is 0 Å². The lowest BCUT2D eigenvalue weighted by atomic mass is 10.0. The summed E-state index contributed by atoms with van der Waals surface area (Å²) in [6, 6.07) is 0. The zero-order valence-electron chi connectivity index (χ0n) is 13.5. The van der Waals surface area contributed by atoms with Gasteiger partial charge in [0.15, 0.2) is 0 Å². The fourth-order valence-electron chi connectivity index (χ4n) is 2.57. The number of allylic oxidation sites excluding steroid dienone is 1. The van der Waals surface area contributed by atoms with E-state index in [-0.39, 0.29) is 0 Å². The molecule has 19 heavy (non-hydrogen) atoms. The summed E-state index contributed by atoms with van der Waals surface area (Å²) in [7, 11) is 1.94. The van der Waals surface area contributed by atoms with Gasteiger partial charge in [-0.05, 0) is 12.8 Å². The summed E-state index contributed by atoms with van der Waals surface area (Å²) in [6.07, 6.45) is 24.0. The van der Waals surface area contributed by atoms with Gasteiger partial charge < -0.3 is 0 Å². The molecule has 113 valence electrons. The van der Waals surface area contributed by atoms with Crippen molar-refractivity contribution < 1.29 is 0 Å². The van der Waals surface area contributed by atoms with E-state index in [1.54, 1.807) is 0 Å². The Bertz CT molecular complexity index is 175. The van der Waals surface area contributed by atoms with Crippen LogP contribution in [0.2, 0.25) is 0 Å². The summed E-state index contributed by atoms with van der Waals surface area (Å²) in [5.74, 6) is 0. The molecule has 0 saturated carbocycles. The van der Waals surface area contributed by atoms with Crippen molar-refractivity contribution in [3.8, 4) is 0 Å². The highest BCUT2D eigenvalue weighted by Crippen LogP contribution is 2.13. The van der Waals surface area contributed by atoms with Crippen LogP contribution in [-0.2, 0) is 0 Å². The molecule has 0 amide bonds. The molecule has 0 heterocycles. The minimum Gasteiger partial charge on any atom is -0.108 e. The summed E-state index contributed by atoms with van der Waals surface area (Å²) < 4.78 is 0. The Morgan fingerprint density at radius 1 is 0.579 bits per heavy atom. The van der Waals surface area contributed by atoms with Crippen molar-refractivity contribution in [2.24, 2.45) is 0 Å². The normalized spacial score (nSPS) is 11.5. The van der Waals surface area contributed by atoms with Crippen LogP contribution in [0.1, 0.15) is 103 Å². The molecule has 0 atom stereocenters. The highest BCUT2D eigenvalue weighted by Gasteiger charge is 1.93. The van der Waals surface area contributed by atoms with Gasteiger partial charge in [0.25, 0.3) is 0 Å². The van der Waals surface area contributed by atoms with E-state index in [4.69, 9.17) is 0 Å². The van der Waals surface area contributed by atoms with Crippen LogP contribution in [0.15, 0.2) is 11.8 Å². The Labute approximate surface area is 125 Å². The second kappa shape index (κ2) is 18.0. The maximum Gasteiger partial charge on any atom is 0.0373 e. The molecule has 0 N–H and O–H groups in total. The fraction of sp³-hybridized carbons (Fsp3) is 0.889. The van der Waals surface area contributed by atoms with Crippen LogP contribution in [0.25, 0.3) is 0 Å². The lowest BCUT2D eigenvalue weighted by Crippen LogP contribution is -1.83. The zero-order valence-corrected chi connectivity index (χ0v) is 14.9. The van der Waals surface area contributed by atoms with Gasteiger partial charge in [-0.15, -0.1) is 5.70 Å². The number of hydrogen-bond acceptors (Lipinski definition) is 0. The Balaban J connectivity index is 2.91. The maximum absolute atomic E-state index is 2.30. The smallest absolute Gasteiger partial charge is 0.0373 e. The van der Waals surface area contributed by atoms with Gasteiger partial charge in [0.05, 0.1) is 0 Å². The second-order valence-corrected chi connectivity index (χ2v) is 6.33. The van der Waals surface area contributed by atoms with Gasteiger partial charge >= 0.3 is 0 Å². The summed E-state index contributed by atoms with van der Waals surface area (Å²) in [5, 5.41) is 0. The van der Waals surface area contributed by atoms with E-state index in [1.165, 1.54) is 96.3 Å². The molecule has 0 aromatic rings. The first kappa shape index (κ1) is 19.0. The molecule has 0 bridgehead atoms. The number of rotatable bonds is 15. The number of hydrogen-bond donors (Lipinski definition) is 0. The average molecular weight is 282 g/mol. The van der Waals surface area contributed by atoms with E-state index in [2.05, 4.69) is 18.7 Å². The van der Waals surface area contributed by atoms with Crippen LogP contribution in [0.4, 0.5) is 0 Å². The lowest BCUT2D eigenvalue weighted by molar-refractivity contribution is 0.536. The largest absolute Gasteiger partial charge is 0.108 e. The molecule has 0 aliphatic rings. The van der Waals surface area contributed by atoms with Crippen molar-refractivity contribution in [1.82, 2.24) is 0 Å². The van der Waals surface area contributed by atoms with E-state index < -0.39 is 0 Å². The molecule has 1 heteroatoms. The molecule has 0 aromatic carbocycles. The molecule has 0 aliphatic heterocycles. The quantitative estimate of drug-likeness (QED) is 0.255. The zero-order chi connectivity index (χ0) is 14.0. The molecule has 0 aliphatic carbocycles. The molecule has 0 spiro atoms. The van der Waals surface area contributed by atoms with E-state index in [1.807, 2.05) is 10.2 Å². The lowest BCUT2D eigenvalue weighted by Gasteiger charge is -2.02. The molecule has 0 nitrogen and oxygen atoms in total. The summed E-state index contributed by atoms with van der Waals surface area (Å²) in [5.41, 5.74) is 2.20. The third-order valence-electron chi connectivity index (χ3n) is 3.89. The first-order valence-corrected chi connectivity index (χ1v) is 9.67. The summed E-state index contributed by atoms with van der Waals surface area (Å²) in [4.78, 5) is 0. The highest BCUT2D eigenvalue weighted by atomic mass is 28.1. The molecular formula is C18H37Si. The average Bonchev–Trinajstić information content (AvgIpc) is 2.43. The standard InChI is InChI=1S/C18H37Si/c1-2-3-4-5-6-7-8-9-10-11-12-13-14-15-16-17-18-19/h17-18H,2-16,19H2,1H3. The minimum atomic E-state index is 1.29. The van der Waals surface area contributed by atoms with Crippen molar-refractivity contribution in [2.75, 3.05) is 0 Å². The third kappa shape index (κ3) is 18.0. The van der Waals surface area contributed by atoms with Gasteiger partial charge in [0.1, 0.15) is 0 Å². The first-order chi connectivity index (χ1) is 9.41. The molecule has 0 rings (SSSR count). The topological polar surface area (TPSA) is 0 Å². The van der Waals surface area contributed by atoms with Gasteiger partial charge in [-0.2, -0.15) is 0 Å². The van der Waals surface area contributed by atoms with Crippen LogP contribution in [0.3, 0.4) is 0 Å². The minimum absolute atomic E-state index is 1.29. The van der Waals surface area contributed by atoms with E-state index in [9.17, 15) is 0 Å². The van der Waals surface area contributed by atoms with E-state index >= 15 is 0 Å². The van der Waals surface area contributed by atoms with Crippen LogP contribution < -0.4 is 0 Å². The van der Waals surface area contributed by atoms with Crippen LogP contribution in [-0.4, -0.2) is 10.2 Å². The molecule has 0 unspecified atom stereocenters. The van der Waals surface area contributed by atoms with E-state index in [0.29, 0.717) is 0 Å². The van der Waals surface area contributed by atoms with Gasteiger partial charge in [-0.1, -0.05) is 96.5 Å². The van der Waals surface area contributed by atoms with Gasteiger partial charge in [0, 0.05) is 10.2 Å².